The van der Waals surface area contributed by atoms with Crippen LogP contribution in [-0.2, 0) is 0 Å². The highest BCUT2D eigenvalue weighted by atomic mass is 19.1. The van der Waals surface area contributed by atoms with Gasteiger partial charge < -0.3 is 9.88 Å². The summed E-state index contributed by atoms with van der Waals surface area (Å²) in [6, 6.07) is 7.48. The van der Waals surface area contributed by atoms with Crippen LogP contribution in [0.2, 0.25) is 0 Å². The zero-order valence-electron chi connectivity index (χ0n) is 15.0. The van der Waals surface area contributed by atoms with Crippen LogP contribution < -0.4 is 5.56 Å². The molecule has 3 aromatic rings. The van der Waals surface area contributed by atoms with Gasteiger partial charge in [0.2, 0.25) is 0 Å². The van der Waals surface area contributed by atoms with Crippen molar-refractivity contribution in [2.45, 2.75) is 18.8 Å². The third-order valence-electron chi connectivity index (χ3n) is 4.87. The lowest BCUT2D eigenvalue weighted by molar-refractivity contribution is 0.0707. The van der Waals surface area contributed by atoms with E-state index >= 15 is 0 Å². The Balaban J connectivity index is 1.50. The molecule has 1 aliphatic rings. The number of aromatic nitrogens is 4. The first kappa shape index (κ1) is 18.0. The number of nitrogens with zero attached hydrogens (tertiary/aromatic N) is 4. The van der Waals surface area contributed by atoms with Gasteiger partial charge in [0.05, 0.1) is 17.5 Å². The number of rotatable bonds is 3. The molecule has 2 aromatic heterocycles. The van der Waals surface area contributed by atoms with Crippen LogP contribution >= 0.6 is 0 Å². The molecule has 1 aliphatic heterocycles. The zero-order valence-corrected chi connectivity index (χ0v) is 15.0. The minimum absolute atomic E-state index is 0.0439. The summed E-state index contributed by atoms with van der Waals surface area (Å²) in [7, 11) is 0. The Bertz CT molecular complexity index is 1050. The van der Waals surface area contributed by atoms with Crippen molar-refractivity contribution in [3.8, 4) is 11.5 Å². The number of carbonyl (C=O) groups is 1. The van der Waals surface area contributed by atoms with Crippen molar-refractivity contribution in [2.24, 2.45) is 0 Å². The molecule has 3 heterocycles. The van der Waals surface area contributed by atoms with E-state index in [1.807, 2.05) is 0 Å². The van der Waals surface area contributed by atoms with Gasteiger partial charge in [-0.25, -0.2) is 14.4 Å². The van der Waals surface area contributed by atoms with E-state index < -0.39 is 5.82 Å². The molecular formula is C20H18FN5O2. The van der Waals surface area contributed by atoms with Gasteiger partial charge in [0.1, 0.15) is 11.5 Å². The van der Waals surface area contributed by atoms with Gasteiger partial charge in [0.15, 0.2) is 5.82 Å². The number of hydrogen-bond acceptors (Lipinski definition) is 5. The molecule has 1 aromatic carbocycles. The Morgan fingerprint density at radius 2 is 1.96 bits per heavy atom. The Labute approximate surface area is 160 Å². The summed E-state index contributed by atoms with van der Waals surface area (Å²) in [4.78, 5) is 41.7. The Hall–Kier alpha value is -3.42. The van der Waals surface area contributed by atoms with E-state index in [-0.39, 0.29) is 22.9 Å². The molecular weight excluding hydrogens is 361 g/mol. The summed E-state index contributed by atoms with van der Waals surface area (Å²) in [6.45, 7) is 0.958. The average molecular weight is 379 g/mol. The van der Waals surface area contributed by atoms with E-state index in [0.29, 0.717) is 43.1 Å². The highest BCUT2D eigenvalue weighted by molar-refractivity contribution is 5.94. The Morgan fingerprint density at radius 1 is 1.18 bits per heavy atom. The van der Waals surface area contributed by atoms with E-state index in [4.69, 9.17) is 0 Å². The largest absolute Gasteiger partial charge is 0.339 e. The first-order valence-electron chi connectivity index (χ1n) is 9.03. The number of carbonyl (C=O) groups excluding carboxylic acids is 1. The van der Waals surface area contributed by atoms with E-state index in [2.05, 4.69) is 19.9 Å². The number of amides is 1. The first-order valence-corrected chi connectivity index (χ1v) is 9.03. The monoisotopic (exact) mass is 379 g/mol. The summed E-state index contributed by atoms with van der Waals surface area (Å²) in [5.74, 6) is -0.405. The van der Waals surface area contributed by atoms with E-state index in [1.54, 1.807) is 23.2 Å². The molecule has 0 atom stereocenters. The molecule has 0 aliphatic carbocycles. The van der Waals surface area contributed by atoms with Crippen molar-refractivity contribution in [2.75, 3.05) is 13.1 Å². The van der Waals surface area contributed by atoms with Crippen LogP contribution in [-0.4, -0.2) is 43.8 Å². The quantitative estimate of drug-likeness (QED) is 0.754. The number of likely N-dealkylation sites (tertiary alicyclic amines) is 1. The number of H-pyrrole nitrogens is 1. The summed E-state index contributed by atoms with van der Waals surface area (Å²) in [6.07, 6.45) is 5.92. The van der Waals surface area contributed by atoms with Crippen molar-refractivity contribution in [3.63, 3.8) is 0 Å². The topological polar surface area (TPSA) is 91.8 Å². The molecule has 28 heavy (non-hydrogen) atoms. The highest BCUT2D eigenvalue weighted by Crippen LogP contribution is 2.28. The zero-order chi connectivity index (χ0) is 19.5. The molecule has 8 heteroatoms. The number of hydrogen-bond donors (Lipinski definition) is 1. The molecule has 0 unspecified atom stereocenters. The predicted octanol–water partition coefficient (Wildman–Crippen LogP) is 2.39. The fourth-order valence-electron chi connectivity index (χ4n) is 3.41. The van der Waals surface area contributed by atoms with Crippen LogP contribution in [0.1, 0.15) is 34.8 Å². The third-order valence-corrected chi connectivity index (χ3v) is 4.87. The second kappa shape index (κ2) is 7.67. The fraction of sp³-hybridized carbons (Fsp3) is 0.250. The molecule has 4 rings (SSSR count). The molecule has 0 saturated carbocycles. The van der Waals surface area contributed by atoms with Crippen LogP contribution in [0.15, 0.2) is 53.7 Å². The summed E-state index contributed by atoms with van der Waals surface area (Å²) in [5, 5.41) is 0. The van der Waals surface area contributed by atoms with Gasteiger partial charge in [0.25, 0.3) is 11.5 Å². The van der Waals surface area contributed by atoms with Crippen LogP contribution in [0, 0.1) is 5.82 Å². The Morgan fingerprint density at radius 3 is 2.68 bits per heavy atom. The van der Waals surface area contributed by atoms with E-state index in [1.165, 1.54) is 30.6 Å². The number of piperidine rings is 1. The number of aromatic amines is 1. The maximum absolute atomic E-state index is 13.9. The molecule has 142 valence electrons. The highest BCUT2D eigenvalue weighted by Gasteiger charge is 2.27. The maximum atomic E-state index is 13.9. The second-order valence-corrected chi connectivity index (χ2v) is 6.66. The van der Waals surface area contributed by atoms with Gasteiger partial charge in [0, 0.05) is 37.5 Å². The summed E-state index contributed by atoms with van der Waals surface area (Å²) < 4.78 is 13.9. The van der Waals surface area contributed by atoms with Crippen molar-refractivity contribution in [1.82, 2.24) is 24.8 Å². The average Bonchev–Trinajstić information content (AvgIpc) is 2.74. The maximum Gasteiger partial charge on any atom is 0.256 e. The second-order valence-electron chi connectivity index (χ2n) is 6.66. The van der Waals surface area contributed by atoms with Crippen molar-refractivity contribution >= 4 is 5.91 Å². The number of nitrogens with one attached hydrogen (secondary N) is 1. The van der Waals surface area contributed by atoms with Gasteiger partial charge in [-0.1, -0.05) is 12.1 Å². The van der Waals surface area contributed by atoms with E-state index in [0.717, 1.165) is 0 Å². The molecule has 1 fully saturated rings. The van der Waals surface area contributed by atoms with E-state index in [9.17, 15) is 14.0 Å². The van der Waals surface area contributed by atoms with Gasteiger partial charge in [-0.2, -0.15) is 0 Å². The third kappa shape index (κ3) is 3.66. The molecule has 0 radical (unpaired) electrons. The lowest BCUT2D eigenvalue weighted by Crippen LogP contribution is -2.38. The first-order chi connectivity index (χ1) is 13.6. The summed E-state index contributed by atoms with van der Waals surface area (Å²) in [5.41, 5.74) is 0.992. The van der Waals surface area contributed by atoms with Gasteiger partial charge >= 0.3 is 0 Å². The minimum Gasteiger partial charge on any atom is -0.339 e. The molecule has 1 N–H and O–H groups in total. The van der Waals surface area contributed by atoms with Gasteiger partial charge in [-0.05, 0) is 25.0 Å². The standard InChI is InChI=1S/C20H18FN5O2/c21-15-4-2-1-3-14(15)20(28)26-9-5-13(6-10-26)16-11-18(27)25-19(24-16)17-12-22-7-8-23-17/h1-4,7-8,11-13H,5-6,9-10H2,(H,24,25,27). The fourth-order valence-corrected chi connectivity index (χ4v) is 3.41. The van der Waals surface area contributed by atoms with Crippen molar-refractivity contribution in [1.29, 1.82) is 0 Å². The molecule has 1 amide bonds. The van der Waals surface area contributed by atoms with Gasteiger partial charge in [-0.3, -0.25) is 14.6 Å². The van der Waals surface area contributed by atoms with Crippen LogP contribution in [0.4, 0.5) is 4.39 Å². The van der Waals surface area contributed by atoms with Crippen LogP contribution in [0.25, 0.3) is 11.5 Å². The molecule has 7 nitrogen and oxygen atoms in total. The van der Waals surface area contributed by atoms with Crippen molar-refractivity contribution in [3.05, 3.63) is 76.4 Å². The van der Waals surface area contributed by atoms with Crippen LogP contribution in [0.5, 0.6) is 0 Å². The molecule has 1 saturated heterocycles. The smallest absolute Gasteiger partial charge is 0.256 e. The Kier molecular flexibility index (Phi) is 4.92. The SMILES string of the molecule is O=C(c1ccccc1F)N1CCC(c2cc(=O)[nH]c(-c3cnccn3)n2)CC1. The predicted molar refractivity (Wildman–Crippen MR) is 100 cm³/mol. The lowest BCUT2D eigenvalue weighted by atomic mass is 9.93. The molecule has 0 spiro atoms. The van der Waals surface area contributed by atoms with Crippen LogP contribution in [0.3, 0.4) is 0 Å². The van der Waals surface area contributed by atoms with Gasteiger partial charge in [-0.15, -0.1) is 0 Å². The number of benzene rings is 1. The minimum atomic E-state index is -0.514. The molecule has 0 bridgehead atoms. The summed E-state index contributed by atoms with van der Waals surface area (Å²) >= 11 is 0. The normalized spacial score (nSPS) is 14.8. The lowest BCUT2D eigenvalue weighted by Gasteiger charge is -2.31. The van der Waals surface area contributed by atoms with Crippen molar-refractivity contribution < 1.29 is 9.18 Å². The number of halogens is 1.